The van der Waals surface area contributed by atoms with Crippen LogP contribution in [0.25, 0.3) is 0 Å². The van der Waals surface area contributed by atoms with Crippen molar-refractivity contribution in [3.63, 3.8) is 0 Å². The maximum Gasteiger partial charge on any atom is 0.264 e. The molecule has 0 aliphatic carbocycles. The minimum atomic E-state index is -4.05. The smallest absolute Gasteiger partial charge is 0.264 e. The quantitative estimate of drug-likeness (QED) is 0.706. The molecule has 0 bridgehead atoms. The number of benzene rings is 2. The van der Waals surface area contributed by atoms with Crippen molar-refractivity contribution in [3.05, 3.63) is 47.0 Å². The van der Waals surface area contributed by atoms with Gasteiger partial charge in [0.05, 0.1) is 27.4 Å². The molecule has 0 saturated carbocycles. The zero-order valence-electron chi connectivity index (χ0n) is 17.0. The van der Waals surface area contributed by atoms with Crippen LogP contribution in [0.4, 0.5) is 11.4 Å². The maximum absolute atomic E-state index is 13.3. The number of hydrogen-bond donors (Lipinski definition) is 1. The first-order chi connectivity index (χ1) is 13.1. The second kappa shape index (κ2) is 7.62. The standard InChI is InChI=1S/C18H24N2O6S3/c1-12-11-13(2)18(14(3)17(12)19-28(6,23)24)29(25,26)20(4)15-7-9-16(10-8-15)27(5,21)22/h7-11,19H,1-6H3. The Balaban J connectivity index is 2.62. The molecule has 0 heterocycles. The number of anilines is 2. The van der Waals surface area contributed by atoms with Crippen LogP contribution in [0.5, 0.6) is 0 Å². The van der Waals surface area contributed by atoms with Gasteiger partial charge in [0.25, 0.3) is 10.0 Å². The molecule has 0 saturated heterocycles. The largest absolute Gasteiger partial charge is 0.283 e. The first kappa shape index (κ1) is 23.2. The highest BCUT2D eigenvalue weighted by atomic mass is 32.2. The molecule has 0 radical (unpaired) electrons. The van der Waals surface area contributed by atoms with Gasteiger partial charge in [0.1, 0.15) is 0 Å². The van der Waals surface area contributed by atoms with E-state index >= 15 is 0 Å². The molecule has 0 spiro atoms. The van der Waals surface area contributed by atoms with Crippen LogP contribution in [0.3, 0.4) is 0 Å². The SMILES string of the molecule is Cc1cc(C)c(S(=O)(=O)N(C)c2ccc(S(C)(=O)=O)cc2)c(C)c1NS(C)(=O)=O. The molecule has 11 heteroatoms. The number of sulfone groups is 1. The van der Waals surface area contributed by atoms with Crippen molar-refractivity contribution < 1.29 is 25.3 Å². The molecule has 2 aromatic rings. The van der Waals surface area contributed by atoms with Crippen molar-refractivity contribution in [1.29, 1.82) is 0 Å². The minimum Gasteiger partial charge on any atom is -0.283 e. The molecule has 0 aromatic heterocycles. The topological polar surface area (TPSA) is 118 Å². The lowest BCUT2D eigenvalue weighted by molar-refractivity contribution is 0.592. The van der Waals surface area contributed by atoms with Gasteiger partial charge in [-0.3, -0.25) is 9.03 Å². The number of nitrogens with zero attached hydrogens (tertiary/aromatic N) is 1. The van der Waals surface area contributed by atoms with E-state index in [-0.39, 0.29) is 26.7 Å². The molecule has 0 fully saturated rings. The number of rotatable bonds is 6. The summed E-state index contributed by atoms with van der Waals surface area (Å²) in [6.07, 6.45) is 2.06. The molecule has 1 N–H and O–H groups in total. The molecule has 0 aliphatic rings. The van der Waals surface area contributed by atoms with E-state index < -0.39 is 29.9 Å². The minimum absolute atomic E-state index is 0.0102. The van der Waals surface area contributed by atoms with Gasteiger partial charge in [-0.2, -0.15) is 0 Å². The van der Waals surface area contributed by atoms with E-state index in [9.17, 15) is 25.3 Å². The average Bonchev–Trinajstić information content (AvgIpc) is 2.56. The van der Waals surface area contributed by atoms with Gasteiger partial charge in [-0.25, -0.2) is 25.3 Å². The Bertz CT molecular complexity index is 1260. The van der Waals surface area contributed by atoms with Crippen molar-refractivity contribution >= 4 is 41.3 Å². The lowest BCUT2D eigenvalue weighted by Gasteiger charge is -2.24. The Hall–Kier alpha value is -2.11. The van der Waals surface area contributed by atoms with Crippen LogP contribution in [0.2, 0.25) is 0 Å². The highest BCUT2D eigenvalue weighted by Crippen LogP contribution is 2.34. The first-order valence-corrected chi connectivity index (χ1v) is 13.7. The van der Waals surface area contributed by atoms with Gasteiger partial charge in [0, 0.05) is 13.3 Å². The highest BCUT2D eigenvalue weighted by molar-refractivity contribution is 7.93. The molecule has 0 aliphatic heterocycles. The fourth-order valence-corrected chi connectivity index (χ4v) is 6.03. The monoisotopic (exact) mass is 460 g/mol. The first-order valence-electron chi connectivity index (χ1n) is 8.43. The lowest BCUT2D eigenvalue weighted by atomic mass is 10.1. The van der Waals surface area contributed by atoms with E-state index in [1.807, 2.05) is 0 Å². The van der Waals surface area contributed by atoms with Crippen molar-refractivity contribution in [2.75, 3.05) is 28.6 Å². The van der Waals surface area contributed by atoms with E-state index in [1.165, 1.54) is 31.3 Å². The number of sulfonamides is 2. The highest BCUT2D eigenvalue weighted by Gasteiger charge is 2.28. The molecule has 0 unspecified atom stereocenters. The van der Waals surface area contributed by atoms with Crippen LogP contribution < -0.4 is 9.03 Å². The summed E-state index contributed by atoms with van der Waals surface area (Å²) in [6, 6.07) is 7.09. The zero-order valence-corrected chi connectivity index (χ0v) is 19.5. The van der Waals surface area contributed by atoms with E-state index in [0.29, 0.717) is 11.1 Å². The van der Waals surface area contributed by atoms with Gasteiger partial charge in [0.2, 0.25) is 10.0 Å². The van der Waals surface area contributed by atoms with Crippen LogP contribution in [0, 0.1) is 20.8 Å². The number of nitrogens with one attached hydrogen (secondary N) is 1. The van der Waals surface area contributed by atoms with Crippen molar-refractivity contribution in [1.82, 2.24) is 0 Å². The molecule has 0 atom stereocenters. The number of hydrogen-bond acceptors (Lipinski definition) is 6. The van der Waals surface area contributed by atoms with Crippen LogP contribution in [-0.4, -0.2) is 44.8 Å². The zero-order chi connectivity index (χ0) is 22.4. The Kier molecular flexibility index (Phi) is 6.09. The summed E-state index contributed by atoms with van der Waals surface area (Å²) in [4.78, 5) is 0.0679. The second-order valence-corrected chi connectivity index (χ2v) is 12.6. The summed E-state index contributed by atoms with van der Waals surface area (Å²) in [5.41, 5.74) is 1.85. The van der Waals surface area contributed by atoms with Gasteiger partial charge < -0.3 is 0 Å². The second-order valence-electron chi connectivity index (χ2n) is 6.95. The molecule has 160 valence electrons. The summed E-state index contributed by atoms with van der Waals surface area (Å²) < 4.78 is 76.7. The maximum atomic E-state index is 13.3. The third kappa shape index (κ3) is 4.90. The lowest BCUT2D eigenvalue weighted by Crippen LogP contribution is -2.28. The summed E-state index contributed by atoms with van der Waals surface area (Å²) in [7, 11) is -9.70. The van der Waals surface area contributed by atoms with Crippen LogP contribution in [0.1, 0.15) is 16.7 Å². The Morgan fingerprint density at radius 1 is 0.828 bits per heavy atom. The van der Waals surface area contributed by atoms with Crippen molar-refractivity contribution in [2.45, 2.75) is 30.6 Å². The predicted molar refractivity (Wildman–Crippen MR) is 114 cm³/mol. The Labute approximate surface area is 172 Å². The van der Waals surface area contributed by atoms with Crippen molar-refractivity contribution in [3.8, 4) is 0 Å². The van der Waals surface area contributed by atoms with Crippen LogP contribution in [0.15, 0.2) is 40.1 Å². The van der Waals surface area contributed by atoms with Gasteiger partial charge in [-0.15, -0.1) is 0 Å². The van der Waals surface area contributed by atoms with E-state index in [4.69, 9.17) is 0 Å². The molecule has 0 amide bonds. The normalized spacial score (nSPS) is 12.6. The summed E-state index contributed by atoms with van der Waals surface area (Å²) in [6.45, 7) is 4.87. The van der Waals surface area contributed by atoms with Gasteiger partial charge in [0.15, 0.2) is 9.84 Å². The fraction of sp³-hybridized carbons (Fsp3) is 0.333. The molecular weight excluding hydrogens is 436 g/mol. The summed E-state index contributed by atoms with van der Waals surface area (Å²) in [5.74, 6) is 0. The van der Waals surface area contributed by atoms with Gasteiger partial charge >= 0.3 is 0 Å². The van der Waals surface area contributed by atoms with Crippen LogP contribution >= 0.6 is 0 Å². The molecule has 8 nitrogen and oxygen atoms in total. The predicted octanol–water partition coefficient (Wildman–Crippen LogP) is 2.21. The summed E-state index contributed by atoms with van der Waals surface area (Å²) >= 11 is 0. The summed E-state index contributed by atoms with van der Waals surface area (Å²) in [5, 5.41) is 0. The van der Waals surface area contributed by atoms with Crippen molar-refractivity contribution in [2.24, 2.45) is 0 Å². The Morgan fingerprint density at radius 2 is 1.34 bits per heavy atom. The Morgan fingerprint density at radius 3 is 1.79 bits per heavy atom. The molecule has 2 aromatic carbocycles. The van der Waals surface area contributed by atoms with Gasteiger partial charge in [-0.1, -0.05) is 6.07 Å². The molecule has 29 heavy (non-hydrogen) atoms. The molecule has 2 rings (SSSR count). The van der Waals surface area contributed by atoms with E-state index in [2.05, 4.69) is 4.72 Å². The van der Waals surface area contributed by atoms with E-state index in [0.717, 1.165) is 16.8 Å². The number of aryl methyl sites for hydroxylation is 2. The third-order valence-corrected chi connectivity index (χ3v) is 8.21. The fourth-order valence-electron chi connectivity index (χ4n) is 3.09. The van der Waals surface area contributed by atoms with Gasteiger partial charge in [-0.05, 0) is 61.7 Å². The third-order valence-electron chi connectivity index (χ3n) is 4.44. The van der Waals surface area contributed by atoms with E-state index in [1.54, 1.807) is 26.8 Å². The molecular formula is C18H24N2O6S3. The van der Waals surface area contributed by atoms with Crippen LogP contribution in [-0.2, 0) is 29.9 Å². The average molecular weight is 461 g/mol.